The molecule has 1 heterocycles. The van der Waals surface area contributed by atoms with Gasteiger partial charge in [0.15, 0.2) is 11.5 Å². The molecule has 2 aromatic carbocycles. The minimum absolute atomic E-state index is 0.0294. The first kappa shape index (κ1) is 17.9. The Labute approximate surface area is 154 Å². The standard InChI is InChI=1S/C22H22O4/c1-4-24-21(23)18-7-5-6-16(12-18)8-9-17-10-11-19-20(13-17)26-15-22(2,3)14-25-19/h5-7,10-13H,4,14-15H2,1-3H3. The van der Waals surface area contributed by atoms with Gasteiger partial charge in [-0.3, -0.25) is 0 Å². The van der Waals surface area contributed by atoms with Crippen molar-refractivity contribution < 1.29 is 19.0 Å². The lowest BCUT2D eigenvalue weighted by Crippen LogP contribution is -2.26. The van der Waals surface area contributed by atoms with Crippen LogP contribution in [0.3, 0.4) is 0 Å². The van der Waals surface area contributed by atoms with E-state index in [0.29, 0.717) is 31.1 Å². The summed E-state index contributed by atoms with van der Waals surface area (Å²) >= 11 is 0. The van der Waals surface area contributed by atoms with Gasteiger partial charge in [-0.05, 0) is 43.3 Å². The summed E-state index contributed by atoms with van der Waals surface area (Å²) in [6, 6.07) is 12.8. The second-order valence-electron chi connectivity index (χ2n) is 6.95. The molecule has 0 aliphatic carbocycles. The Hall–Kier alpha value is -2.93. The van der Waals surface area contributed by atoms with E-state index < -0.39 is 0 Å². The van der Waals surface area contributed by atoms with Gasteiger partial charge in [-0.25, -0.2) is 4.79 Å². The molecule has 0 aromatic heterocycles. The number of hydrogen-bond acceptors (Lipinski definition) is 4. The molecule has 134 valence electrons. The smallest absolute Gasteiger partial charge is 0.338 e. The fraction of sp³-hybridized carbons (Fsp3) is 0.318. The third kappa shape index (κ3) is 4.37. The van der Waals surface area contributed by atoms with Crippen LogP contribution in [0.2, 0.25) is 0 Å². The van der Waals surface area contributed by atoms with Crippen LogP contribution in [-0.4, -0.2) is 25.8 Å². The van der Waals surface area contributed by atoms with Crippen molar-refractivity contribution in [1.82, 2.24) is 0 Å². The Balaban J connectivity index is 1.80. The van der Waals surface area contributed by atoms with Gasteiger partial charge in [0.25, 0.3) is 0 Å². The van der Waals surface area contributed by atoms with E-state index >= 15 is 0 Å². The molecule has 0 N–H and O–H groups in total. The van der Waals surface area contributed by atoms with Crippen molar-refractivity contribution in [1.29, 1.82) is 0 Å². The minimum Gasteiger partial charge on any atom is -0.489 e. The second kappa shape index (κ2) is 7.53. The monoisotopic (exact) mass is 350 g/mol. The fourth-order valence-corrected chi connectivity index (χ4v) is 2.49. The van der Waals surface area contributed by atoms with Crippen LogP contribution in [0.5, 0.6) is 11.5 Å². The average molecular weight is 350 g/mol. The lowest BCUT2D eigenvalue weighted by Gasteiger charge is -2.19. The molecule has 2 aromatic rings. The zero-order valence-electron chi connectivity index (χ0n) is 15.3. The molecule has 0 amide bonds. The summed E-state index contributed by atoms with van der Waals surface area (Å²) in [5, 5.41) is 0. The number of esters is 1. The van der Waals surface area contributed by atoms with Crippen LogP contribution in [0, 0.1) is 17.3 Å². The van der Waals surface area contributed by atoms with E-state index in [2.05, 4.69) is 25.7 Å². The summed E-state index contributed by atoms with van der Waals surface area (Å²) in [5.41, 5.74) is 2.05. The van der Waals surface area contributed by atoms with Gasteiger partial charge in [0.1, 0.15) is 0 Å². The van der Waals surface area contributed by atoms with Crippen LogP contribution < -0.4 is 9.47 Å². The van der Waals surface area contributed by atoms with Crippen molar-refractivity contribution in [3.05, 3.63) is 59.2 Å². The van der Waals surface area contributed by atoms with Gasteiger partial charge >= 0.3 is 5.97 Å². The number of ether oxygens (including phenoxy) is 3. The average Bonchev–Trinajstić information content (AvgIpc) is 2.79. The molecule has 0 radical (unpaired) electrons. The molecular weight excluding hydrogens is 328 g/mol. The quantitative estimate of drug-likeness (QED) is 0.605. The highest BCUT2D eigenvalue weighted by Crippen LogP contribution is 2.34. The molecule has 4 nitrogen and oxygen atoms in total. The largest absolute Gasteiger partial charge is 0.489 e. The van der Waals surface area contributed by atoms with Gasteiger partial charge in [0, 0.05) is 16.5 Å². The Bertz CT molecular complexity index is 871. The van der Waals surface area contributed by atoms with Crippen LogP contribution in [0.25, 0.3) is 0 Å². The molecule has 0 spiro atoms. The van der Waals surface area contributed by atoms with Gasteiger partial charge in [0.05, 0.1) is 25.4 Å². The summed E-state index contributed by atoms with van der Waals surface area (Å²) in [4.78, 5) is 11.8. The predicted octanol–water partition coefficient (Wildman–Crippen LogP) is 4.06. The van der Waals surface area contributed by atoms with E-state index in [0.717, 1.165) is 16.9 Å². The van der Waals surface area contributed by atoms with Crippen molar-refractivity contribution in [2.24, 2.45) is 5.41 Å². The molecule has 4 heteroatoms. The molecule has 0 fully saturated rings. The second-order valence-corrected chi connectivity index (χ2v) is 6.95. The van der Waals surface area contributed by atoms with Crippen LogP contribution in [-0.2, 0) is 4.74 Å². The van der Waals surface area contributed by atoms with E-state index in [-0.39, 0.29) is 11.4 Å². The van der Waals surface area contributed by atoms with Gasteiger partial charge < -0.3 is 14.2 Å². The zero-order chi connectivity index (χ0) is 18.6. The van der Waals surface area contributed by atoms with E-state index in [1.165, 1.54) is 0 Å². The normalized spacial score (nSPS) is 14.6. The van der Waals surface area contributed by atoms with Crippen molar-refractivity contribution in [3.63, 3.8) is 0 Å². The number of carbonyl (C=O) groups is 1. The summed E-state index contributed by atoms with van der Waals surface area (Å²) in [6.07, 6.45) is 0. The fourth-order valence-electron chi connectivity index (χ4n) is 2.49. The molecule has 0 atom stereocenters. The first-order valence-corrected chi connectivity index (χ1v) is 8.66. The van der Waals surface area contributed by atoms with Crippen LogP contribution in [0.1, 0.15) is 42.3 Å². The maximum Gasteiger partial charge on any atom is 0.338 e. The van der Waals surface area contributed by atoms with Crippen LogP contribution in [0.4, 0.5) is 0 Å². The summed E-state index contributed by atoms with van der Waals surface area (Å²) in [7, 11) is 0. The number of rotatable bonds is 2. The van der Waals surface area contributed by atoms with Crippen molar-refractivity contribution >= 4 is 5.97 Å². The topological polar surface area (TPSA) is 44.8 Å². The SMILES string of the molecule is CCOC(=O)c1cccc(C#Cc2ccc3c(c2)OCC(C)(C)CO3)c1. The van der Waals surface area contributed by atoms with Gasteiger partial charge in [0.2, 0.25) is 0 Å². The summed E-state index contributed by atoms with van der Waals surface area (Å²) in [5.74, 6) is 7.31. The van der Waals surface area contributed by atoms with Gasteiger partial charge in [-0.2, -0.15) is 0 Å². The maximum atomic E-state index is 11.8. The molecule has 1 aliphatic heterocycles. The first-order valence-electron chi connectivity index (χ1n) is 8.66. The Morgan fingerprint density at radius 3 is 2.46 bits per heavy atom. The molecule has 3 rings (SSSR count). The number of benzene rings is 2. The third-order valence-electron chi connectivity index (χ3n) is 3.91. The predicted molar refractivity (Wildman–Crippen MR) is 99.6 cm³/mol. The van der Waals surface area contributed by atoms with E-state index in [4.69, 9.17) is 14.2 Å². The number of carbonyl (C=O) groups excluding carboxylic acids is 1. The molecule has 0 saturated heterocycles. The lowest BCUT2D eigenvalue weighted by molar-refractivity contribution is 0.0526. The van der Waals surface area contributed by atoms with Crippen molar-refractivity contribution in [3.8, 4) is 23.3 Å². The molecule has 1 aliphatic rings. The molecule has 0 bridgehead atoms. The van der Waals surface area contributed by atoms with E-state index in [1.54, 1.807) is 25.1 Å². The Morgan fingerprint density at radius 2 is 1.73 bits per heavy atom. The third-order valence-corrected chi connectivity index (χ3v) is 3.91. The highest BCUT2D eigenvalue weighted by atomic mass is 16.5. The summed E-state index contributed by atoms with van der Waals surface area (Å²) < 4.78 is 16.7. The van der Waals surface area contributed by atoms with Crippen LogP contribution in [0.15, 0.2) is 42.5 Å². The maximum absolute atomic E-state index is 11.8. The first-order chi connectivity index (χ1) is 12.5. The molecule has 0 saturated carbocycles. The van der Waals surface area contributed by atoms with E-state index in [9.17, 15) is 4.79 Å². The Kier molecular flexibility index (Phi) is 5.18. The Morgan fingerprint density at radius 1 is 1.04 bits per heavy atom. The number of fused-ring (bicyclic) bond motifs is 1. The zero-order valence-corrected chi connectivity index (χ0v) is 15.3. The van der Waals surface area contributed by atoms with Gasteiger partial charge in [-0.1, -0.05) is 31.8 Å². The highest BCUT2D eigenvalue weighted by Gasteiger charge is 2.25. The minimum atomic E-state index is -0.339. The van der Waals surface area contributed by atoms with Gasteiger partial charge in [-0.15, -0.1) is 0 Å². The number of hydrogen-bond donors (Lipinski definition) is 0. The molecular formula is C22H22O4. The molecule has 26 heavy (non-hydrogen) atoms. The molecule has 0 unspecified atom stereocenters. The summed E-state index contributed by atoms with van der Waals surface area (Å²) in [6.45, 7) is 7.56. The lowest BCUT2D eigenvalue weighted by atomic mass is 9.97. The van der Waals surface area contributed by atoms with E-state index in [1.807, 2.05) is 24.3 Å². The van der Waals surface area contributed by atoms with Crippen molar-refractivity contribution in [2.45, 2.75) is 20.8 Å². The van der Waals surface area contributed by atoms with Crippen molar-refractivity contribution in [2.75, 3.05) is 19.8 Å². The highest BCUT2D eigenvalue weighted by molar-refractivity contribution is 5.89. The van der Waals surface area contributed by atoms with Crippen LogP contribution >= 0.6 is 0 Å².